The van der Waals surface area contributed by atoms with Crippen molar-refractivity contribution in [3.05, 3.63) is 47.8 Å². The molecule has 0 aliphatic rings. The van der Waals surface area contributed by atoms with Crippen molar-refractivity contribution in [1.82, 2.24) is 10.2 Å². The molecule has 0 saturated carbocycles. The zero-order valence-electron chi connectivity index (χ0n) is 9.14. The molecular formula is C12H14N4. The van der Waals surface area contributed by atoms with Crippen LogP contribution in [0.5, 0.6) is 0 Å². The van der Waals surface area contributed by atoms with E-state index in [1.54, 1.807) is 6.20 Å². The smallest absolute Gasteiger partial charge is 0.0821 e. The average Bonchev–Trinajstić information content (AvgIpc) is 2.32. The van der Waals surface area contributed by atoms with E-state index in [1.165, 1.54) is 5.56 Å². The number of nitrogen functional groups attached to an aromatic ring is 1. The van der Waals surface area contributed by atoms with Crippen molar-refractivity contribution in [3.63, 3.8) is 0 Å². The van der Waals surface area contributed by atoms with Gasteiger partial charge in [-0.2, -0.15) is 10.2 Å². The van der Waals surface area contributed by atoms with Gasteiger partial charge >= 0.3 is 0 Å². The van der Waals surface area contributed by atoms with Gasteiger partial charge in [-0.15, -0.1) is 0 Å². The Morgan fingerprint density at radius 2 is 2.19 bits per heavy atom. The fourth-order valence-electron chi connectivity index (χ4n) is 1.44. The van der Waals surface area contributed by atoms with Crippen molar-refractivity contribution in [2.24, 2.45) is 0 Å². The molecule has 0 radical (unpaired) electrons. The van der Waals surface area contributed by atoms with Gasteiger partial charge in [-0.25, -0.2) is 0 Å². The highest BCUT2D eigenvalue weighted by molar-refractivity contribution is 5.66. The van der Waals surface area contributed by atoms with Gasteiger partial charge in [-0.3, -0.25) is 0 Å². The first-order chi connectivity index (χ1) is 7.75. The molecule has 0 amide bonds. The molecule has 0 atom stereocenters. The van der Waals surface area contributed by atoms with Gasteiger partial charge in [0, 0.05) is 6.20 Å². The van der Waals surface area contributed by atoms with Crippen LogP contribution in [0.15, 0.2) is 36.5 Å². The molecule has 3 N–H and O–H groups in total. The number of hydrogen-bond acceptors (Lipinski definition) is 4. The molecule has 0 fully saturated rings. The molecule has 82 valence electrons. The molecule has 0 saturated heterocycles. The Bertz CT molecular complexity index is 468. The fraction of sp³-hybridized carbons (Fsp3) is 0.167. The highest BCUT2D eigenvalue weighted by Gasteiger charge is 1.99. The minimum atomic E-state index is 0.626. The molecule has 1 aromatic heterocycles. The van der Waals surface area contributed by atoms with Crippen LogP contribution in [0, 0.1) is 6.92 Å². The van der Waals surface area contributed by atoms with Gasteiger partial charge < -0.3 is 11.1 Å². The van der Waals surface area contributed by atoms with E-state index >= 15 is 0 Å². The van der Waals surface area contributed by atoms with Gasteiger partial charge in [-0.05, 0) is 36.8 Å². The third-order valence-electron chi connectivity index (χ3n) is 2.30. The summed E-state index contributed by atoms with van der Waals surface area (Å²) in [6, 6.07) is 9.69. The molecular weight excluding hydrogens is 200 g/mol. The Kier molecular flexibility index (Phi) is 3.00. The Balaban J connectivity index is 2.08. The van der Waals surface area contributed by atoms with Gasteiger partial charge in [0.15, 0.2) is 0 Å². The predicted molar refractivity (Wildman–Crippen MR) is 65.0 cm³/mol. The van der Waals surface area contributed by atoms with E-state index in [2.05, 4.69) is 15.5 Å². The zero-order chi connectivity index (χ0) is 11.4. The summed E-state index contributed by atoms with van der Waals surface area (Å²) in [4.78, 5) is 0. The van der Waals surface area contributed by atoms with Crippen LogP contribution in [0.3, 0.4) is 0 Å². The van der Waals surface area contributed by atoms with Crippen LogP contribution >= 0.6 is 0 Å². The minimum Gasteiger partial charge on any atom is -0.397 e. The molecule has 4 nitrogen and oxygen atoms in total. The topological polar surface area (TPSA) is 63.8 Å². The highest BCUT2D eigenvalue weighted by Crippen LogP contribution is 2.19. The summed E-state index contributed by atoms with van der Waals surface area (Å²) in [5, 5.41) is 11.1. The summed E-state index contributed by atoms with van der Waals surface area (Å²) in [6.07, 6.45) is 1.66. The quantitative estimate of drug-likeness (QED) is 0.767. The van der Waals surface area contributed by atoms with Gasteiger partial charge in [0.2, 0.25) is 0 Å². The van der Waals surface area contributed by atoms with Crippen LogP contribution in [-0.2, 0) is 6.54 Å². The zero-order valence-corrected chi connectivity index (χ0v) is 9.14. The molecule has 0 bridgehead atoms. The minimum absolute atomic E-state index is 0.626. The molecule has 1 heterocycles. The van der Waals surface area contributed by atoms with Crippen molar-refractivity contribution in [3.8, 4) is 0 Å². The molecule has 1 aromatic carbocycles. The lowest BCUT2D eigenvalue weighted by Crippen LogP contribution is -2.04. The Morgan fingerprint density at radius 3 is 2.94 bits per heavy atom. The third-order valence-corrected chi connectivity index (χ3v) is 2.30. The average molecular weight is 214 g/mol. The Morgan fingerprint density at radius 1 is 1.31 bits per heavy atom. The first kappa shape index (κ1) is 10.4. The third kappa shape index (κ3) is 2.48. The lowest BCUT2D eigenvalue weighted by Gasteiger charge is -2.09. The second-order valence-corrected chi connectivity index (χ2v) is 3.66. The SMILES string of the molecule is Cc1ccc(N)c(NCc2cccnn2)c1. The van der Waals surface area contributed by atoms with Gasteiger partial charge in [0.25, 0.3) is 0 Å². The molecule has 0 spiro atoms. The number of anilines is 2. The number of aryl methyl sites for hydroxylation is 1. The number of benzene rings is 1. The van der Waals surface area contributed by atoms with E-state index in [0.29, 0.717) is 6.54 Å². The lowest BCUT2D eigenvalue weighted by atomic mass is 10.2. The van der Waals surface area contributed by atoms with E-state index in [9.17, 15) is 0 Å². The number of nitrogens with one attached hydrogen (secondary N) is 1. The number of nitrogens with two attached hydrogens (primary N) is 1. The van der Waals surface area contributed by atoms with Crippen LogP contribution < -0.4 is 11.1 Å². The molecule has 16 heavy (non-hydrogen) atoms. The van der Waals surface area contributed by atoms with Crippen molar-refractivity contribution in [2.75, 3.05) is 11.1 Å². The summed E-state index contributed by atoms with van der Waals surface area (Å²) in [5.41, 5.74) is 9.60. The van der Waals surface area contributed by atoms with Crippen LogP contribution in [0.25, 0.3) is 0 Å². The monoisotopic (exact) mass is 214 g/mol. The van der Waals surface area contributed by atoms with Gasteiger partial charge in [0.1, 0.15) is 0 Å². The number of hydrogen-bond donors (Lipinski definition) is 2. The van der Waals surface area contributed by atoms with E-state index in [4.69, 9.17) is 5.73 Å². The number of aromatic nitrogens is 2. The van der Waals surface area contributed by atoms with Crippen molar-refractivity contribution < 1.29 is 0 Å². The Hall–Kier alpha value is -2.10. The standard InChI is InChI=1S/C12H14N4/c1-9-4-5-11(13)12(7-9)14-8-10-3-2-6-15-16-10/h2-7,14H,8,13H2,1H3. The Labute approximate surface area is 94.5 Å². The summed E-state index contributed by atoms with van der Waals surface area (Å²) in [6.45, 7) is 2.66. The molecule has 0 aliphatic carbocycles. The summed E-state index contributed by atoms with van der Waals surface area (Å²) in [5.74, 6) is 0. The number of nitrogens with zero attached hydrogens (tertiary/aromatic N) is 2. The predicted octanol–water partition coefficient (Wildman–Crippen LogP) is 1.98. The van der Waals surface area contributed by atoms with Crippen molar-refractivity contribution >= 4 is 11.4 Å². The second-order valence-electron chi connectivity index (χ2n) is 3.66. The molecule has 4 heteroatoms. The summed E-state index contributed by atoms with van der Waals surface area (Å²) >= 11 is 0. The highest BCUT2D eigenvalue weighted by atomic mass is 15.1. The van der Waals surface area contributed by atoms with E-state index in [1.807, 2.05) is 37.3 Å². The molecule has 2 aromatic rings. The molecule has 2 rings (SSSR count). The fourth-order valence-corrected chi connectivity index (χ4v) is 1.44. The van der Waals surface area contributed by atoms with Crippen LogP contribution in [0.4, 0.5) is 11.4 Å². The van der Waals surface area contributed by atoms with E-state index in [-0.39, 0.29) is 0 Å². The summed E-state index contributed by atoms with van der Waals surface area (Å²) in [7, 11) is 0. The lowest BCUT2D eigenvalue weighted by molar-refractivity contribution is 0.925. The van der Waals surface area contributed by atoms with Gasteiger partial charge in [-0.1, -0.05) is 6.07 Å². The molecule has 0 aliphatic heterocycles. The first-order valence-electron chi connectivity index (χ1n) is 5.12. The van der Waals surface area contributed by atoms with Crippen LogP contribution in [0.2, 0.25) is 0 Å². The van der Waals surface area contributed by atoms with Crippen LogP contribution in [-0.4, -0.2) is 10.2 Å². The van der Waals surface area contributed by atoms with Crippen molar-refractivity contribution in [1.29, 1.82) is 0 Å². The van der Waals surface area contributed by atoms with Crippen LogP contribution in [0.1, 0.15) is 11.3 Å². The maximum Gasteiger partial charge on any atom is 0.0821 e. The number of rotatable bonds is 3. The summed E-state index contributed by atoms with van der Waals surface area (Å²) < 4.78 is 0. The van der Waals surface area contributed by atoms with Crippen molar-refractivity contribution in [2.45, 2.75) is 13.5 Å². The largest absolute Gasteiger partial charge is 0.397 e. The van der Waals surface area contributed by atoms with E-state index in [0.717, 1.165) is 17.1 Å². The van der Waals surface area contributed by atoms with Gasteiger partial charge in [0.05, 0.1) is 23.6 Å². The maximum absolute atomic E-state index is 5.86. The molecule has 0 unspecified atom stereocenters. The van der Waals surface area contributed by atoms with E-state index < -0.39 is 0 Å². The maximum atomic E-state index is 5.86. The normalized spacial score (nSPS) is 10.1. The first-order valence-corrected chi connectivity index (χ1v) is 5.12. The second kappa shape index (κ2) is 4.61.